The summed E-state index contributed by atoms with van der Waals surface area (Å²) in [5.74, 6) is -2.53. The predicted octanol–water partition coefficient (Wildman–Crippen LogP) is 2.63. The summed E-state index contributed by atoms with van der Waals surface area (Å²) in [6, 6.07) is 0. The number of rotatable bonds is 23. The molecule has 0 spiro atoms. The van der Waals surface area contributed by atoms with Crippen molar-refractivity contribution in [2.24, 2.45) is 0 Å². The SMILES string of the molecule is C=CC(=O)OCCCCC(=O)OCC1C[C@H](OC(O)CCCCOC(=O)C=C)[C@H](OC(=O)CCCCOC(=O)C=C)CO1. The van der Waals surface area contributed by atoms with Crippen molar-refractivity contribution >= 4 is 29.8 Å². The molecule has 0 aliphatic carbocycles. The summed E-state index contributed by atoms with van der Waals surface area (Å²) in [7, 11) is 0. The first-order valence-corrected chi connectivity index (χ1v) is 14.4. The third-order valence-electron chi connectivity index (χ3n) is 6.08. The van der Waals surface area contributed by atoms with Gasteiger partial charge in [-0.15, -0.1) is 0 Å². The smallest absolute Gasteiger partial charge is 0.330 e. The van der Waals surface area contributed by atoms with Gasteiger partial charge in [-0.05, 0) is 44.9 Å². The van der Waals surface area contributed by atoms with Gasteiger partial charge in [0, 0.05) is 37.5 Å². The van der Waals surface area contributed by atoms with Crippen LogP contribution in [0.1, 0.15) is 64.2 Å². The molecule has 13 nitrogen and oxygen atoms in total. The number of hydrogen-bond donors (Lipinski definition) is 1. The Morgan fingerprint density at radius 1 is 0.721 bits per heavy atom. The molecule has 2 unspecified atom stereocenters. The maximum atomic E-state index is 12.4. The lowest BCUT2D eigenvalue weighted by Gasteiger charge is -2.36. The van der Waals surface area contributed by atoms with Crippen LogP contribution in [0.5, 0.6) is 0 Å². The molecule has 0 aromatic rings. The lowest BCUT2D eigenvalue weighted by atomic mass is 10.0. The fraction of sp³-hybridized carbons (Fsp3) is 0.633. The van der Waals surface area contributed by atoms with Gasteiger partial charge in [0.15, 0.2) is 12.4 Å². The number of ether oxygens (including phenoxy) is 7. The molecule has 13 heteroatoms. The molecule has 1 aliphatic rings. The highest BCUT2D eigenvalue weighted by molar-refractivity contribution is 5.81. The average molecular weight is 613 g/mol. The van der Waals surface area contributed by atoms with Crippen LogP contribution in [0.2, 0.25) is 0 Å². The van der Waals surface area contributed by atoms with Crippen molar-refractivity contribution in [1.82, 2.24) is 0 Å². The Labute approximate surface area is 252 Å². The van der Waals surface area contributed by atoms with Crippen molar-refractivity contribution in [1.29, 1.82) is 0 Å². The van der Waals surface area contributed by atoms with Gasteiger partial charge in [-0.2, -0.15) is 0 Å². The third kappa shape index (κ3) is 18.6. The van der Waals surface area contributed by atoms with Crippen LogP contribution in [-0.2, 0) is 57.1 Å². The van der Waals surface area contributed by atoms with Crippen LogP contribution in [0.15, 0.2) is 38.0 Å². The molecular formula is C30H44O13. The Kier molecular flexibility index (Phi) is 20.0. The van der Waals surface area contributed by atoms with Crippen LogP contribution in [0.3, 0.4) is 0 Å². The van der Waals surface area contributed by atoms with E-state index in [2.05, 4.69) is 19.7 Å². The second-order valence-corrected chi connectivity index (χ2v) is 9.56. The van der Waals surface area contributed by atoms with Gasteiger partial charge >= 0.3 is 29.8 Å². The van der Waals surface area contributed by atoms with Crippen molar-refractivity contribution in [3.05, 3.63) is 38.0 Å². The van der Waals surface area contributed by atoms with E-state index in [1.165, 1.54) is 0 Å². The largest absolute Gasteiger partial charge is 0.463 e. The number of aliphatic hydroxyl groups is 1. The summed E-state index contributed by atoms with van der Waals surface area (Å²) >= 11 is 0. The standard InChI is InChI=1S/C30H44O13/c1-4-25(31)37-16-10-7-13-28(34)41-20-22-19-23(42-29(35)14-8-11-17-38-26(32)5-2)24(21-40-22)43-30(36)15-9-12-18-39-27(33)6-3/h4-6,22-24,29,35H,1-3,7-21H2/t22?,23-,24+,29?/m0/s1. The number of aliphatic hydroxyl groups excluding tert-OH is 1. The minimum Gasteiger partial charge on any atom is -0.463 e. The quantitative estimate of drug-likeness (QED) is 0.0588. The van der Waals surface area contributed by atoms with Gasteiger partial charge in [0.2, 0.25) is 0 Å². The fourth-order valence-corrected chi connectivity index (χ4v) is 3.80. The maximum Gasteiger partial charge on any atom is 0.330 e. The normalized spacial score (nSPS) is 18.4. The molecule has 1 rings (SSSR count). The second kappa shape index (κ2) is 23.0. The van der Waals surface area contributed by atoms with Gasteiger partial charge in [0.1, 0.15) is 12.7 Å². The zero-order valence-electron chi connectivity index (χ0n) is 24.6. The monoisotopic (exact) mass is 612 g/mol. The number of esters is 5. The van der Waals surface area contributed by atoms with Crippen molar-refractivity contribution in [2.75, 3.05) is 33.0 Å². The lowest BCUT2D eigenvalue weighted by Crippen LogP contribution is -2.48. The van der Waals surface area contributed by atoms with Crippen molar-refractivity contribution in [2.45, 2.75) is 88.8 Å². The Morgan fingerprint density at radius 3 is 1.77 bits per heavy atom. The molecule has 0 bridgehead atoms. The van der Waals surface area contributed by atoms with E-state index < -0.39 is 54.4 Å². The van der Waals surface area contributed by atoms with E-state index >= 15 is 0 Å². The van der Waals surface area contributed by atoms with Crippen molar-refractivity contribution < 1.29 is 62.2 Å². The Balaban J connectivity index is 2.55. The summed E-state index contributed by atoms with van der Waals surface area (Å²) in [6.45, 7) is 10.4. The molecule has 1 fully saturated rings. The molecule has 0 aromatic carbocycles. The molecule has 1 N–H and O–H groups in total. The van der Waals surface area contributed by atoms with Gasteiger partial charge in [0.05, 0.1) is 32.5 Å². The molecule has 242 valence electrons. The van der Waals surface area contributed by atoms with E-state index in [1.807, 2.05) is 0 Å². The van der Waals surface area contributed by atoms with Crippen molar-refractivity contribution in [3.63, 3.8) is 0 Å². The highest BCUT2D eigenvalue weighted by Gasteiger charge is 2.36. The molecule has 43 heavy (non-hydrogen) atoms. The lowest BCUT2D eigenvalue weighted by molar-refractivity contribution is -0.224. The summed E-state index contributed by atoms with van der Waals surface area (Å²) in [6.07, 6.45) is 3.42. The van der Waals surface area contributed by atoms with E-state index in [9.17, 15) is 29.1 Å². The fourth-order valence-electron chi connectivity index (χ4n) is 3.80. The molecule has 1 aliphatic heterocycles. The number of unbranched alkanes of at least 4 members (excludes halogenated alkanes) is 3. The molecule has 1 heterocycles. The maximum absolute atomic E-state index is 12.4. The van der Waals surface area contributed by atoms with Gasteiger partial charge in [-0.3, -0.25) is 9.59 Å². The van der Waals surface area contributed by atoms with Crippen LogP contribution >= 0.6 is 0 Å². The average Bonchev–Trinajstić information content (AvgIpc) is 2.99. The first-order chi connectivity index (χ1) is 20.7. The molecular weight excluding hydrogens is 568 g/mol. The van der Waals surface area contributed by atoms with E-state index in [-0.39, 0.29) is 58.7 Å². The molecule has 0 saturated carbocycles. The Bertz CT molecular complexity index is 916. The number of carbonyl (C=O) groups is 5. The summed E-state index contributed by atoms with van der Waals surface area (Å²) in [4.78, 5) is 57.8. The van der Waals surface area contributed by atoms with Gasteiger partial charge in [0.25, 0.3) is 0 Å². The first kappa shape index (κ1) is 37.5. The van der Waals surface area contributed by atoms with E-state index in [4.69, 9.17) is 33.2 Å². The predicted molar refractivity (Wildman–Crippen MR) is 151 cm³/mol. The first-order valence-electron chi connectivity index (χ1n) is 14.4. The van der Waals surface area contributed by atoms with Gasteiger partial charge in [-0.25, -0.2) is 14.4 Å². The Morgan fingerprint density at radius 2 is 1.23 bits per heavy atom. The number of carbonyl (C=O) groups excluding carboxylic acids is 5. The molecule has 0 aromatic heterocycles. The zero-order chi connectivity index (χ0) is 31.9. The summed E-state index contributed by atoms with van der Waals surface area (Å²) < 4.78 is 37.1. The topological polar surface area (TPSA) is 170 Å². The zero-order valence-corrected chi connectivity index (χ0v) is 24.6. The molecule has 0 radical (unpaired) electrons. The summed E-state index contributed by atoms with van der Waals surface area (Å²) in [5, 5.41) is 10.5. The van der Waals surface area contributed by atoms with E-state index in [1.54, 1.807) is 0 Å². The minimum absolute atomic E-state index is 0.0333. The molecule has 0 amide bonds. The van der Waals surface area contributed by atoms with Gasteiger partial charge < -0.3 is 38.3 Å². The molecule has 1 saturated heterocycles. The van der Waals surface area contributed by atoms with Crippen LogP contribution in [-0.4, -0.2) is 92.6 Å². The van der Waals surface area contributed by atoms with Crippen LogP contribution in [0, 0.1) is 0 Å². The summed E-state index contributed by atoms with van der Waals surface area (Å²) in [5.41, 5.74) is 0. The Hall–Kier alpha value is -3.55. The highest BCUT2D eigenvalue weighted by atomic mass is 16.6. The molecule has 4 atom stereocenters. The third-order valence-corrected chi connectivity index (χ3v) is 6.08. The van der Waals surface area contributed by atoms with Crippen LogP contribution in [0.25, 0.3) is 0 Å². The van der Waals surface area contributed by atoms with E-state index in [0.29, 0.717) is 38.5 Å². The second-order valence-electron chi connectivity index (χ2n) is 9.56. The highest BCUT2D eigenvalue weighted by Crippen LogP contribution is 2.23. The van der Waals surface area contributed by atoms with E-state index in [0.717, 1.165) is 18.2 Å². The van der Waals surface area contributed by atoms with Crippen LogP contribution < -0.4 is 0 Å². The van der Waals surface area contributed by atoms with Crippen molar-refractivity contribution in [3.8, 4) is 0 Å². The van der Waals surface area contributed by atoms with Gasteiger partial charge in [-0.1, -0.05) is 19.7 Å². The van der Waals surface area contributed by atoms with Crippen LogP contribution in [0.4, 0.5) is 0 Å². The minimum atomic E-state index is -1.18. The number of hydrogen-bond acceptors (Lipinski definition) is 13.